The fourth-order valence-corrected chi connectivity index (χ4v) is 3.64. The van der Waals surface area contributed by atoms with Crippen LogP contribution in [0.4, 0.5) is 4.79 Å². The van der Waals surface area contributed by atoms with E-state index in [-0.39, 0.29) is 11.8 Å². The smallest absolute Gasteiger partial charge is 0.410 e. The van der Waals surface area contributed by atoms with Gasteiger partial charge in [0, 0.05) is 45.3 Å². The molecular weight excluding hydrogens is 396 g/mol. The van der Waals surface area contributed by atoms with Crippen LogP contribution in [0.3, 0.4) is 0 Å². The summed E-state index contributed by atoms with van der Waals surface area (Å²) < 4.78 is 10.8. The van der Waals surface area contributed by atoms with Gasteiger partial charge < -0.3 is 29.7 Å². The molecule has 1 fully saturated rings. The molecule has 0 saturated carbocycles. The van der Waals surface area contributed by atoms with E-state index >= 15 is 0 Å². The van der Waals surface area contributed by atoms with Gasteiger partial charge in [-0.3, -0.25) is 4.99 Å². The molecule has 0 aromatic heterocycles. The van der Waals surface area contributed by atoms with Crippen LogP contribution in [0.15, 0.2) is 23.2 Å². The third kappa shape index (κ3) is 7.52. The zero-order valence-electron chi connectivity index (χ0n) is 19.8. The second-order valence-electron chi connectivity index (χ2n) is 8.84. The van der Waals surface area contributed by atoms with Gasteiger partial charge in [-0.15, -0.1) is 0 Å². The first kappa shape index (κ1) is 24.6. The number of carbonyl (C=O) groups excluding carboxylic acids is 1. The van der Waals surface area contributed by atoms with Crippen molar-refractivity contribution in [1.82, 2.24) is 15.1 Å². The average molecular weight is 435 g/mol. The van der Waals surface area contributed by atoms with Crippen LogP contribution in [0, 0.1) is 5.92 Å². The molecule has 0 radical (unpaired) electrons. The van der Waals surface area contributed by atoms with Gasteiger partial charge in [0.25, 0.3) is 0 Å². The van der Waals surface area contributed by atoms with Crippen molar-refractivity contribution in [3.8, 4) is 11.5 Å². The Hall–Kier alpha value is -2.64. The number of piperidine rings is 1. The number of hydrogen-bond donors (Lipinski definition) is 2. The highest BCUT2D eigenvalue weighted by molar-refractivity contribution is 5.80. The Morgan fingerprint density at radius 2 is 2.00 bits per heavy atom. The first-order valence-corrected chi connectivity index (χ1v) is 11.0. The third-order valence-electron chi connectivity index (χ3n) is 5.36. The maximum absolute atomic E-state index is 12.4. The highest BCUT2D eigenvalue weighted by atomic mass is 16.6. The second-order valence-corrected chi connectivity index (χ2v) is 8.84. The zero-order valence-corrected chi connectivity index (χ0v) is 19.8. The number of guanidine groups is 1. The van der Waals surface area contributed by atoms with E-state index < -0.39 is 5.60 Å². The lowest BCUT2D eigenvalue weighted by Gasteiger charge is -2.36. The molecule has 1 aromatic carbocycles. The predicted molar refractivity (Wildman–Crippen MR) is 123 cm³/mol. The van der Waals surface area contributed by atoms with E-state index in [2.05, 4.69) is 15.2 Å². The van der Waals surface area contributed by atoms with Crippen LogP contribution in [0.1, 0.15) is 46.1 Å². The highest BCUT2D eigenvalue weighted by Crippen LogP contribution is 2.23. The zero-order chi connectivity index (χ0) is 23.0. The van der Waals surface area contributed by atoms with Gasteiger partial charge in [0.2, 0.25) is 0 Å². The number of rotatable bonds is 6. The monoisotopic (exact) mass is 434 g/mol. The first-order valence-electron chi connectivity index (χ1n) is 11.0. The lowest BCUT2D eigenvalue weighted by atomic mass is 9.96. The summed E-state index contributed by atoms with van der Waals surface area (Å²) in [6.45, 7) is 11.2. The van der Waals surface area contributed by atoms with E-state index in [1.807, 2.05) is 33.8 Å². The molecule has 8 nitrogen and oxygen atoms in total. The van der Waals surface area contributed by atoms with Crippen LogP contribution in [0.2, 0.25) is 0 Å². The van der Waals surface area contributed by atoms with Crippen molar-refractivity contribution in [1.29, 1.82) is 0 Å². The number of methoxy groups -OCH3 is 1. The molecule has 0 bridgehead atoms. The fraction of sp³-hybridized carbons (Fsp3) is 0.652. The number of nitrogens with zero attached hydrogens (tertiary/aromatic N) is 3. The van der Waals surface area contributed by atoms with Crippen molar-refractivity contribution in [2.24, 2.45) is 10.9 Å². The summed E-state index contributed by atoms with van der Waals surface area (Å²) in [5.74, 6) is 2.17. The van der Waals surface area contributed by atoms with Crippen LogP contribution in [0.25, 0.3) is 0 Å². The molecule has 0 atom stereocenters. The lowest BCUT2D eigenvalue weighted by molar-refractivity contribution is 0.0214. The molecule has 8 heteroatoms. The van der Waals surface area contributed by atoms with Gasteiger partial charge in [-0.25, -0.2) is 4.79 Å². The summed E-state index contributed by atoms with van der Waals surface area (Å²) in [6, 6.07) is 5.18. The van der Waals surface area contributed by atoms with Gasteiger partial charge in [0.15, 0.2) is 5.96 Å². The highest BCUT2D eigenvalue weighted by Gasteiger charge is 2.27. The van der Waals surface area contributed by atoms with Gasteiger partial charge >= 0.3 is 6.09 Å². The van der Waals surface area contributed by atoms with E-state index in [9.17, 15) is 9.90 Å². The Morgan fingerprint density at radius 3 is 2.55 bits per heavy atom. The van der Waals surface area contributed by atoms with Crippen molar-refractivity contribution < 1.29 is 19.4 Å². The molecule has 0 spiro atoms. The standard InChI is InChI=1S/C23H38N4O4/c1-7-26(22(29)31-23(2,3)4)16-17-10-12-27(13-11-17)21(24-5)25-15-18-14-19(30-6)8-9-20(18)28/h8-9,14,17,28H,7,10-13,15-16H2,1-6H3,(H,24,25). The molecule has 1 amide bonds. The summed E-state index contributed by atoms with van der Waals surface area (Å²) in [5, 5.41) is 13.4. The topological polar surface area (TPSA) is 86.6 Å². The number of benzene rings is 1. The molecule has 0 unspecified atom stereocenters. The van der Waals surface area contributed by atoms with Gasteiger partial charge in [-0.1, -0.05) is 0 Å². The summed E-state index contributed by atoms with van der Waals surface area (Å²) in [5.41, 5.74) is 0.273. The first-order chi connectivity index (χ1) is 14.7. The van der Waals surface area contributed by atoms with Crippen LogP contribution >= 0.6 is 0 Å². The largest absolute Gasteiger partial charge is 0.508 e. The quantitative estimate of drug-likeness (QED) is 0.527. The van der Waals surface area contributed by atoms with E-state index in [0.717, 1.165) is 37.5 Å². The Morgan fingerprint density at radius 1 is 1.32 bits per heavy atom. The molecule has 2 N–H and O–H groups in total. The van der Waals surface area contributed by atoms with Crippen molar-refractivity contribution in [3.63, 3.8) is 0 Å². The second kappa shape index (κ2) is 11.1. The van der Waals surface area contributed by atoms with Gasteiger partial charge in [0.1, 0.15) is 17.1 Å². The van der Waals surface area contributed by atoms with Gasteiger partial charge in [0.05, 0.1) is 7.11 Å². The third-order valence-corrected chi connectivity index (χ3v) is 5.36. The van der Waals surface area contributed by atoms with Crippen LogP contribution in [0.5, 0.6) is 11.5 Å². The van der Waals surface area contributed by atoms with Gasteiger partial charge in [-0.2, -0.15) is 0 Å². The van der Waals surface area contributed by atoms with Crippen molar-refractivity contribution >= 4 is 12.1 Å². The number of hydrogen-bond acceptors (Lipinski definition) is 5. The van der Waals surface area contributed by atoms with E-state index in [0.29, 0.717) is 31.3 Å². The number of phenols is 1. The Bertz CT molecular complexity index is 752. The van der Waals surface area contributed by atoms with E-state index in [1.54, 1.807) is 31.2 Å². The molecule has 1 saturated heterocycles. The molecule has 1 aliphatic rings. The Kier molecular flexibility index (Phi) is 8.83. The molecule has 2 rings (SSSR count). The number of phenolic OH excluding ortho intramolecular Hbond substituents is 1. The minimum atomic E-state index is -0.483. The van der Waals surface area contributed by atoms with E-state index in [4.69, 9.17) is 9.47 Å². The van der Waals surface area contributed by atoms with Crippen molar-refractivity contribution in [2.45, 2.75) is 52.7 Å². The number of aliphatic imine (C=N–C) groups is 1. The number of amides is 1. The van der Waals surface area contributed by atoms with Crippen LogP contribution in [-0.2, 0) is 11.3 Å². The normalized spacial score (nSPS) is 15.5. The Balaban J connectivity index is 1.87. The summed E-state index contributed by atoms with van der Waals surface area (Å²) >= 11 is 0. The number of likely N-dealkylation sites (tertiary alicyclic amines) is 1. The number of aromatic hydroxyl groups is 1. The van der Waals surface area contributed by atoms with E-state index in [1.165, 1.54) is 0 Å². The molecule has 31 heavy (non-hydrogen) atoms. The minimum Gasteiger partial charge on any atom is -0.508 e. The lowest BCUT2D eigenvalue weighted by Crippen LogP contribution is -2.47. The average Bonchev–Trinajstić information content (AvgIpc) is 2.73. The number of ether oxygens (including phenoxy) is 2. The van der Waals surface area contributed by atoms with Crippen LogP contribution < -0.4 is 10.1 Å². The summed E-state index contributed by atoms with van der Waals surface area (Å²) in [4.78, 5) is 20.8. The minimum absolute atomic E-state index is 0.226. The SMILES string of the molecule is CCN(CC1CCN(C(=NC)NCc2cc(OC)ccc2O)CC1)C(=O)OC(C)(C)C. The number of nitrogens with one attached hydrogen (secondary N) is 1. The predicted octanol–water partition coefficient (Wildman–Crippen LogP) is 3.45. The fourth-order valence-electron chi connectivity index (χ4n) is 3.64. The summed E-state index contributed by atoms with van der Waals surface area (Å²) in [7, 11) is 3.37. The summed E-state index contributed by atoms with van der Waals surface area (Å²) in [6.07, 6.45) is 1.71. The molecule has 1 aromatic rings. The molecule has 1 heterocycles. The van der Waals surface area contributed by atoms with Crippen LogP contribution in [-0.4, -0.2) is 72.9 Å². The van der Waals surface area contributed by atoms with Gasteiger partial charge in [-0.05, 0) is 64.7 Å². The molecule has 1 aliphatic heterocycles. The van der Waals surface area contributed by atoms with Crippen molar-refractivity contribution in [2.75, 3.05) is 40.3 Å². The molecular formula is C23H38N4O4. The Labute approximate surface area is 186 Å². The molecule has 0 aliphatic carbocycles. The number of carbonyl (C=O) groups is 1. The van der Waals surface area contributed by atoms with Crippen molar-refractivity contribution in [3.05, 3.63) is 23.8 Å². The molecule has 174 valence electrons. The maximum Gasteiger partial charge on any atom is 0.410 e. The maximum atomic E-state index is 12.4.